The molecule has 8 heteroatoms. The van der Waals surface area contributed by atoms with Crippen molar-refractivity contribution in [2.75, 3.05) is 0 Å². The first-order valence-electron chi connectivity index (χ1n) is 8.83. The Bertz CT molecular complexity index is 1080. The minimum atomic E-state index is -0.338. The molecule has 0 aliphatic carbocycles. The van der Waals surface area contributed by atoms with Gasteiger partial charge in [-0.2, -0.15) is 5.10 Å². The number of hydrazone groups is 1. The van der Waals surface area contributed by atoms with Gasteiger partial charge in [-0.05, 0) is 76.2 Å². The number of rotatable bonds is 7. The summed E-state index contributed by atoms with van der Waals surface area (Å²) in [7, 11) is 0. The fraction of sp³-hybridized carbons (Fsp3) is 0.0909. The first kappa shape index (κ1) is 22.5. The third-order valence-corrected chi connectivity index (χ3v) is 5.46. The van der Waals surface area contributed by atoms with E-state index in [1.54, 1.807) is 30.5 Å². The van der Waals surface area contributed by atoms with Crippen LogP contribution in [0.5, 0.6) is 5.75 Å². The van der Waals surface area contributed by atoms with E-state index in [-0.39, 0.29) is 18.1 Å². The highest BCUT2D eigenvalue weighted by Crippen LogP contribution is 2.25. The van der Waals surface area contributed by atoms with Crippen LogP contribution in [-0.4, -0.2) is 12.1 Å². The third-order valence-electron chi connectivity index (χ3n) is 4.04. The molecule has 4 nitrogen and oxygen atoms in total. The van der Waals surface area contributed by atoms with Gasteiger partial charge in [-0.25, -0.2) is 9.82 Å². The second-order valence-corrected chi connectivity index (χ2v) is 8.32. The number of amides is 1. The van der Waals surface area contributed by atoms with Crippen LogP contribution in [0.3, 0.4) is 0 Å². The maximum atomic E-state index is 12.9. The van der Waals surface area contributed by atoms with Crippen molar-refractivity contribution in [2.45, 2.75) is 13.0 Å². The van der Waals surface area contributed by atoms with Gasteiger partial charge < -0.3 is 4.74 Å². The third kappa shape index (κ3) is 6.68. The zero-order valence-corrected chi connectivity index (χ0v) is 19.2. The van der Waals surface area contributed by atoms with Gasteiger partial charge in [-0.3, -0.25) is 4.79 Å². The number of ether oxygens (including phenoxy) is 1. The molecular weight excluding hydrogens is 541 g/mol. The summed E-state index contributed by atoms with van der Waals surface area (Å²) in [6, 6.07) is 16.6. The van der Waals surface area contributed by atoms with Gasteiger partial charge in [0.1, 0.15) is 18.2 Å². The maximum absolute atomic E-state index is 12.9. The van der Waals surface area contributed by atoms with Crippen molar-refractivity contribution < 1.29 is 13.9 Å². The number of carbonyl (C=O) groups excluding carboxylic acids is 1. The summed E-state index contributed by atoms with van der Waals surface area (Å²) >= 11 is 14.2. The fourth-order valence-electron chi connectivity index (χ4n) is 2.51. The largest absolute Gasteiger partial charge is 0.488 e. The van der Waals surface area contributed by atoms with Gasteiger partial charge in [0.05, 0.1) is 16.2 Å². The number of benzene rings is 3. The molecule has 0 heterocycles. The average Bonchev–Trinajstić information content (AvgIpc) is 2.70. The molecule has 154 valence electrons. The number of hydrogen-bond donors (Lipinski definition) is 1. The predicted molar refractivity (Wildman–Crippen MR) is 126 cm³/mol. The standard InChI is InChI=1S/C22H16Cl2FIN2O2/c23-17-5-4-16(19(24)11-17)13-30-21-8-3-15(9-20(21)26)12-27-28-22(29)10-14-1-6-18(25)7-2-14/h1-9,11-12H,10,13H2,(H,28,29)/b27-12+. The lowest BCUT2D eigenvalue weighted by molar-refractivity contribution is -0.120. The van der Waals surface area contributed by atoms with Crippen LogP contribution in [0.15, 0.2) is 65.8 Å². The van der Waals surface area contributed by atoms with Crippen molar-refractivity contribution >= 4 is 57.9 Å². The lowest BCUT2D eigenvalue weighted by Crippen LogP contribution is -2.19. The number of halogens is 4. The molecule has 0 radical (unpaired) electrons. The van der Waals surface area contributed by atoms with E-state index in [0.717, 1.165) is 14.7 Å². The average molecular weight is 557 g/mol. The first-order chi connectivity index (χ1) is 14.4. The van der Waals surface area contributed by atoms with Crippen molar-refractivity contribution in [3.05, 3.63) is 96.8 Å². The van der Waals surface area contributed by atoms with Gasteiger partial charge in [0, 0.05) is 15.6 Å². The molecule has 3 rings (SSSR count). The molecule has 3 aromatic carbocycles. The van der Waals surface area contributed by atoms with E-state index in [1.165, 1.54) is 12.1 Å². The highest BCUT2D eigenvalue weighted by atomic mass is 127. The topological polar surface area (TPSA) is 50.7 Å². The van der Waals surface area contributed by atoms with Crippen LogP contribution in [0.1, 0.15) is 16.7 Å². The Labute approximate surface area is 197 Å². The van der Waals surface area contributed by atoms with Crippen LogP contribution >= 0.6 is 45.8 Å². The van der Waals surface area contributed by atoms with Crippen molar-refractivity contribution in [1.29, 1.82) is 0 Å². The summed E-state index contributed by atoms with van der Waals surface area (Å²) in [5.41, 5.74) is 4.82. The second-order valence-electron chi connectivity index (χ2n) is 6.31. The summed E-state index contributed by atoms with van der Waals surface area (Å²) in [5, 5.41) is 5.10. The van der Waals surface area contributed by atoms with Gasteiger partial charge >= 0.3 is 0 Å². The highest BCUT2D eigenvalue weighted by molar-refractivity contribution is 14.1. The summed E-state index contributed by atoms with van der Waals surface area (Å²) in [6.07, 6.45) is 1.67. The summed E-state index contributed by atoms with van der Waals surface area (Å²) in [4.78, 5) is 11.9. The molecule has 0 atom stereocenters. The molecule has 30 heavy (non-hydrogen) atoms. The molecule has 0 fully saturated rings. The molecule has 0 aliphatic rings. The van der Waals surface area contributed by atoms with Crippen molar-refractivity contribution in [1.82, 2.24) is 5.43 Å². The van der Waals surface area contributed by atoms with Gasteiger partial charge in [0.2, 0.25) is 5.91 Å². The minimum absolute atomic E-state index is 0.120. The molecule has 1 N–H and O–H groups in total. The summed E-state index contributed by atoms with van der Waals surface area (Å²) in [6.45, 7) is 0.318. The lowest BCUT2D eigenvalue weighted by Gasteiger charge is -2.10. The molecular formula is C22H16Cl2FIN2O2. The maximum Gasteiger partial charge on any atom is 0.244 e. The zero-order valence-electron chi connectivity index (χ0n) is 15.5. The molecule has 0 bridgehead atoms. The van der Waals surface area contributed by atoms with Gasteiger partial charge in [0.25, 0.3) is 0 Å². The van der Waals surface area contributed by atoms with Crippen molar-refractivity contribution in [2.24, 2.45) is 5.10 Å². The Morgan fingerprint density at radius 2 is 1.87 bits per heavy atom. The highest BCUT2D eigenvalue weighted by Gasteiger charge is 2.06. The predicted octanol–water partition coefficient (Wildman–Crippen LogP) is 6.01. The normalized spacial score (nSPS) is 10.9. The van der Waals surface area contributed by atoms with Gasteiger partial charge in [-0.15, -0.1) is 0 Å². The van der Waals surface area contributed by atoms with E-state index < -0.39 is 0 Å². The van der Waals surface area contributed by atoms with E-state index in [1.807, 2.05) is 24.3 Å². The van der Waals surface area contributed by atoms with E-state index >= 15 is 0 Å². The van der Waals surface area contributed by atoms with E-state index in [4.69, 9.17) is 27.9 Å². The molecule has 0 unspecified atom stereocenters. The Kier molecular flexibility index (Phi) is 8.07. The lowest BCUT2D eigenvalue weighted by atomic mass is 10.1. The number of nitrogens with zero attached hydrogens (tertiary/aromatic N) is 1. The Balaban J connectivity index is 1.54. The van der Waals surface area contributed by atoms with Crippen LogP contribution in [0.4, 0.5) is 4.39 Å². The SMILES string of the molecule is O=C(Cc1ccc(F)cc1)N/N=C/c1ccc(OCc2ccc(Cl)cc2Cl)c(I)c1. The van der Waals surface area contributed by atoms with Gasteiger partial charge in [-0.1, -0.05) is 41.4 Å². The molecule has 0 saturated carbocycles. The van der Waals surface area contributed by atoms with Crippen LogP contribution in [-0.2, 0) is 17.8 Å². The molecule has 1 amide bonds. The monoisotopic (exact) mass is 556 g/mol. The van der Waals surface area contributed by atoms with Crippen LogP contribution in [0.25, 0.3) is 0 Å². The summed E-state index contributed by atoms with van der Waals surface area (Å²) < 4.78 is 19.6. The van der Waals surface area contributed by atoms with E-state index in [2.05, 4.69) is 33.1 Å². The Hall–Kier alpha value is -2.16. The Morgan fingerprint density at radius 1 is 1.10 bits per heavy atom. The molecule has 0 saturated heterocycles. The molecule has 3 aromatic rings. The van der Waals surface area contributed by atoms with Crippen molar-refractivity contribution in [3.8, 4) is 5.75 Å². The van der Waals surface area contributed by atoms with Gasteiger partial charge in [0.15, 0.2) is 0 Å². The number of carbonyl (C=O) groups is 1. The van der Waals surface area contributed by atoms with E-state index in [0.29, 0.717) is 28.0 Å². The second kappa shape index (κ2) is 10.7. The summed E-state index contributed by atoms with van der Waals surface area (Å²) in [5.74, 6) is 0.0851. The molecule has 0 spiro atoms. The van der Waals surface area contributed by atoms with Crippen LogP contribution in [0.2, 0.25) is 10.0 Å². The zero-order chi connectivity index (χ0) is 21.5. The minimum Gasteiger partial charge on any atom is -0.488 e. The van der Waals surface area contributed by atoms with Crippen molar-refractivity contribution in [3.63, 3.8) is 0 Å². The van der Waals surface area contributed by atoms with Crippen LogP contribution in [0, 0.1) is 9.39 Å². The van der Waals surface area contributed by atoms with E-state index in [9.17, 15) is 9.18 Å². The quantitative estimate of drug-likeness (QED) is 0.220. The fourth-order valence-corrected chi connectivity index (χ4v) is 3.67. The smallest absolute Gasteiger partial charge is 0.244 e. The number of nitrogens with one attached hydrogen (secondary N) is 1. The Morgan fingerprint density at radius 3 is 2.57 bits per heavy atom. The number of hydrogen-bond acceptors (Lipinski definition) is 3. The molecule has 0 aliphatic heterocycles. The molecule has 0 aromatic heterocycles. The van der Waals surface area contributed by atoms with Crippen LogP contribution < -0.4 is 10.2 Å². The first-order valence-corrected chi connectivity index (χ1v) is 10.7.